The zero-order valence-corrected chi connectivity index (χ0v) is 20.5. The summed E-state index contributed by atoms with van der Waals surface area (Å²) in [7, 11) is 0. The highest BCUT2D eigenvalue weighted by atomic mass is 32.1. The van der Waals surface area contributed by atoms with Gasteiger partial charge in [-0.05, 0) is 44.9 Å². The molecule has 0 aliphatic heterocycles. The van der Waals surface area contributed by atoms with Crippen molar-refractivity contribution in [1.82, 2.24) is 33.8 Å². The molecule has 0 saturated carbocycles. The molecular formula is C22H29N9O2S. The van der Waals surface area contributed by atoms with Gasteiger partial charge in [0, 0.05) is 30.0 Å². The summed E-state index contributed by atoms with van der Waals surface area (Å²) in [6.45, 7) is 9.62. The lowest BCUT2D eigenvalue weighted by Crippen LogP contribution is -2.47. The number of hydrogen-bond donors (Lipinski definition) is 3. The Balaban J connectivity index is 1.51. The van der Waals surface area contributed by atoms with Crippen LogP contribution in [0.5, 0.6) is 0 Å². The third-order valence-corrected chi connectivity index (χ3v) is 6.29. The van der Waals surface area contributed by atoms with E-state index < -0.39 is 5.97 Å². The highest BCUT2D eigenvalue weighted by molar-refractivity contribution is 7.10. The topological polar surface area (TPSA) is 139 Å². The van der Waals surface area contributed by atoms with Crippen LogP contribution in [-0.4, -0.2) is 65.0 Å². The van der Waals surface area contributed by atoms with Crippen LogP contribution in [0.15, 0.2) is 30.9 Å². The van der Waals surface area contributed by atoms with E-state index in [1.165, 1.54) is 11.5 Å². The number of carbonyl (C=O) groups excluding carboxylic acids is 1. The van der Waals surface area contributed by atoms with Crippen LogP contribution in [0.2, 0.25) is 0 Å². The summed E-state index contributed by atoms with van der Waals surface area (Å²) in [6.07, 6.45) is 7.36. The summed E-state index contributed by atoms with van der Waals surface area (Å²) in [4.78, 5) is 22.9. The number of nitrogens with two attached hydrogens (primary N) is 1. The van der Waals surface area contributed by atoms with E-state index in [1.54, 1.807) is 6.20 Å². The van der Waals surface area contributed by atoms with Gasteiger partial charge in [-0.25, -0.2) is 9.97 Å². The van der Waals surface area contributed by atoms with E-state index in [2.05, 4.69) is 41.7 Å². The Labute approximate surface area is 201 Å². The molecule has 4 heterocycles. The first-order valence-electron chi connectivity index (χ1n) is 11.0. The van der Waals surface area contributed by atoms with E-state index in [4.69, 9.17) is 10.5 Å². The number of fused-ring (bicyclic) bond motifs is 1. The van der Waals surface area contributed by atoms with Crippen molar-refractivity contribution >= 4 is 34.0 Å². The largest absolute Gasteiger partial charge is 0.463 e. The van der Waals surface area contributed by atoms with Gasteiger partial charge in [0.2, 0.25) is 0 Å². The Hall–Kier alpha value is -3.35. The van der Waals surface area contributed by atoms with Gasteiger partial charge in [-0.1, -0.05) is 6.92 Å². The number of likely N-dealkylation sites (N-methyl/N-ethyl adjacent to an activating group) is 1. The molecule has 0 aliphatic rings. The molecule has 12 heteroatoms. The molecular weight excluding hydrogens is 454 g/mol. The van der Waals surface area contributed by atoms with E-state index in [1.807, 2.05) is 49.8 Å². The minimum atomic E-state index is -0.406. The second kappa shape index (κ2) is 9.87. The Kier molecular flexibility index (Phi) is 6.91. The van der Waals surface area contributed by atoms with Crippen LogP contribution < -0.4 is 11.1 Å². The number of rotatable bonds is 10. The van der Waals surface area contributed by atoms with Crippen molar-refractivity contribution in [3.8, 4) is 11.3 Å². The quantitative estimate of drug-likeness (QED) is 0.290. The van der Waals surface area contributed by atoms with Gasteiger partial charge < -0.3 is 15.8 Å². The van der Waals surface area contributed by atoms with Crippen molar-refractivity contribution in [3.63, 3.8) is 0 Å². The Bertz CT molecular complexity index is 1260. The summed E-state index contributed by atoms with van der Waals surface area (Å²) in [5.74, 6) is 0.252. The normalized spacial score (nSPS) is 11.9. The third-order valence-electron chi connectivity index (χ3n) is 5.55. The van der Waals surface area contributed by atoms with Crippen molar-refractivity contribution < 1.29 is 9.53 Å². The number of H-pyrrole nitrogens is 1. The van der Waals surface area contributed by atoms with Crippen LogP contribution in [0.4, 0.5) is 10.8 Å². The number of esters is 1. The first-order chi connectivity index (χ1) is 16.3. The molecule has 0 fully saturated rings. The molecule has 4 rings (SSSR count). The lowest BCUT2D eigenvalue weighted by atomic mass is 10.0. The highest BCUT2D eigenvalue weighted by Crippen LogP contribution is 2.28. The molecule has 0 amide bonds. The molecule has 0 saturated heterocycles. The van der Waals surface area contributed by atoms with Crippen molar-refractivity contribution in [3.05, 3.63) is 42.2 Å². The third kappa shape index (κ3) is 5.08. The molecule has 34 heavy (non-hydrogen) atoms. The van der Waals surface area contributed by atoms with Gasteiger partial charge in [0.25, 0.3) is 0 Å². The summed E-state index contributed by atoms with van der Waals surface area (Å²) < 4.78 is 11.9. The second-order valence-electron chi connectivity index (χ2n) is 8.55. The first-order valence-corrected chi connectivity index (χ1v) is 11.7. The van der Waals surface area contributed by atoms with E-state index in [9.17, 15) is 4.79 Å². The number of ether oxygens (including phenoxy) is 1. The van der Waals surface area contributed by atoms with Gasteiger partial charge in [-0.15, -0.1) is 0 Å². The van der Waals surface area contributed by atoms with Crippen molar-refractivity contribution in [1.29, 1.82) is 0 Å². The molecule has 0 bridgehead atoms. The van der Waals surface area contributed by atoms with Crippen LogP contribution in [0.1, 0.15) is 32.2 Å². The molecule has 4 aromatic rings. The number of carbonyl (C=O) groups is 1. The number of aromatic nitrogens is 6. The van der Waals surface area contributed by atoms with Crippen LogP contribution in [0, 0.1) is 6.92 Å². The second-order valence-corrected chi connectivity index (χ2v) is 9.36. The van der Waals surface area contributed by atoms with Gasteiger partial charge in [0.1, 0.15) is 11.6 Å². The zero-order valence-electron chi connectivity index (χ0n) is 19.7. The standard InChI is InChI=1S/C22H29N9O2S/c1-5-30(22(3,4)13-33-19(32)7-23)12-16-6-18(34-29-16)28-20-21-24-10-17(15-8-25-26-9-15)31(21)11-14(2)27-20/h6,8-11H,5,7,12-13,23H2,1-4H3,(H,25,26)(H,27,28). The van der Waals surface area contributed by atoms with Gasteiger partial charge in [0.15, 0.2) is 11.5 Å². The number of nitrogens with zero attached hydrogens (tertiary/aromatic N) is 6. The van der Waals surface area contributed by atoms with Crippen LogP contribution in [0.25, 0.3) is 16.9 Å². The molecule has 4 N–H and O–H groups in total. The zero-order chi connectivity index (χ0) is 24.3. The summed E-state index contributed by atoms with van der Waals surface area (Å²) in [5, 5.41) is 11.1. The molecule has 0 atom stereocenters. The number of hydrogen-bond acceptors (Lipinski definition) is 10. The number of nitrogens with one attached hydrogen (secondary N) is 2. The summed E-state index contributed by atoms with van der Waals surface area (Å²) >= 11 is 1.37. The first kappa shape index (κ1) is 23.8. The molecule has 0 radical (unpaired) electrons. The van der Waals surface area contributed by atoms with Gasteiger partial charge in [0.05, 0.1) is 36.0 Å². The molecule has 0 unspecified atom stereocenters. The highest BCUT2D eigenvalue weighted by Gasteiger charge is 2.28. The Morgan fingerprint density at radius 1 is 1.38 bits per heavy atom. The Morgan fingerprint density at radius 2 is 2.21 bits per heavy atom. The number of imidazole rings is 1. The summed E-state index contributed by atoms with van der Waals surface area (Å²) in [6, 6.07) is 2.01. The fourth-order valence-electron chi connectivity index (χ4n) is 3.72. The monoisotopic (exact) mass is 483 g/mol. The maximum Gasteiger partial charge on any atom is 0.319 e. The van der Waals surface area contributed by atoms with Crippen LogP contribution in [0.3, 0.4) is 0 Å². The molecule has 0 spiro atoms. The molecule has 11 nitrogen and oxygen atoms in total. The van der Waals surface area contributed by atoms with Crippen LogP contribution in [-0.2, 0) is 16.1 Å². The maximum absolute atomic E-state index is 11.5. The van der Waals surface area contributed by atoms with Crippen LogP contribution >= 0.6 is 11.5 Å². The van der Waals surface area contributed by atoms with Crippen molar-refractivity contribution in [2.45, 2.75) is 39.8 Å². The predicted molar refractivity (Wildman–Crippen MR) is 131 cm³/mol. The molecule has 0 aromatic carbocycles. The smallest absolute Gasteiger partial charge is 0.319 e. The molecule has 180 valence electrons. The fraction of sp³-hybridized carbons (Fsp3) is 0.409. The van der Waals surface area contributed by atoms with Gasteiger partial charge >= 0.3 is 5.97 Å². The van der Waals surface area contributed by atoms with E-state index in [0.29, 0.717) is 12.4 Å². The number of aromatic amines is 1. The minimum Gasteiger partial charge on any atom is -0.463 e. The average molecular weight is 484 g/mol. The van der Waals surface area contributed by atoms with Crippen molar-refractivity contribution in [2.75, 3.05) is 25.0 Å². The predicted octanol–water partition coefficient (Wildman–Crippen LogP) is 2.73. The van der Waals surface area contributed by atoms with Gasteiger partial charge in [-0.2, -0.15) is 9.47 Å². The number of anilines is 2. The minimum absolute atomic E-state index is 0.121. The van der Waals surface area contributed by atoms with E-state index in [0.717, 1.165) is 39.8 Å². The lowest BCUT2D eigenvalue weighted by Gasteiger charge is -2.36. The van der Waals surface area contributed by atoms with Gasteiger partial charge in [-0.3, -0.25) is 19.2 Å². The lowest BCUT2D eigenvalue weighted by molar-refractivity contribution is -0.145. The maximum atomic E-state index is 11.5. The number of aryl methyl sites for hydroxylation is 1. The SMILES string of the molecule is CCN(Cc1cc(Nc2nc(C)cn3c(-c4cn[nH]c4)cnc23)sn1)C(C)(C)COC(=O)CN. The molecule has 4 aromatic heterocycles. The van der Waals surface area contributed by atoms with E-state index in [-0.39, 0.29) is 18.7 Å². The fourth-order valence-corrected chi connectivity index (χ4v) is 4.37. The Morgan fingerprint density at radius 3 is 2.91 bits per heavy atom. The van der Waals surface area contributed by atoms with Crippen molar-refractivity contribution in [2.24, 2.45) is 5.73 Å². The average Bonchev–Trinajstić information content (AvgIpc) is 3.56. The van der Waals surface area contributed by atoms with E-state index >= 15 is 0 Å². The summed E-state index contributed by atoms with van der Waals surface area (Å²) in [5.41, 5.74) is 9.35. The molecule has 0 aliphatic carbocycles.